The molecule has 8 heteroatoms. The number of nitrogens with zero attached hydrogens (tertiary/aromatic N) is 3. The van der Waals surface area contributed by atoms with Gasteiger partial charge in [0.2, 0.25) is 11.8 Å². The molecule has 1 unspecified atom stereocenters. The molecule has 0 saturated heterocycles. The maximum absolute atomic E-state index is 13.4. The maximum Gasteiger partial charge on any atom is 0.226 e. The summed E-state index contributed by atoms with van der Waals surface area (Å²) in [5.74, 6) is 0.529. The summed E-state index contributed by atoms with van der Waals surface area (Å²) < 4.78 is 11.4. The van der Waals surface area contributed by atoms with Gasteiger partial charge in [0.25, 0.3) is 0 Å². The first kappa shape index (κ1) is 18.7. The van der Waals surface area contributed by atoms with Gasteiger partial charge in [-0.05, 0) is 44.9 Å². The number of oxazole rings is 1. The number of aromatic nitrogens is 3. The number of aryl methyl sites for hydroxylation is 1. The van der Waals surface area contributed by atoms with Gasteiger partial charge in [0.15, 0.2) is 5.78 Å². The fourth-order valence-corrected chi connectivity index (χ4v) is 5.60. The van der Waals surface area contributed by atoms with Crippen LogP contribution in [0.1, 0.15) is 72.2 Å². The predicted molar refractivity (Wildman–Crippen MR) is 107 cm³/mol. The number of ketones is 1. The van der Waals surface area contributed by atoms with Crippen molar-refractivity contribution in [1.82, 2.24) is 15.0 Å². The zero-order valence-electron chi connectivity index (χ0n) is 16.0. The van der Waals surface area contributed by atoms with Gasteiger partial charge in [0.05, 0.1) is 11.6 Å². The molecule has 2 aliphatic carbocycles. The first-order chi connectivity index (χ1) is 14.2. The third-order valence-corrected chi connectivity index (χ3v) is 7.10. The van der Waals surface area contributed by atoms with Gasteiger partial charge in [-0.2, -0.15) is 0 Å². The highest BCUT2D eigenvalue weighted by atomic mass is 32.1. The zero-order valence-corrected chi connectivity index (χ0v) is 16.9. The van der Waals surface area contributed by atoms with E-state index in [1.807, 2.05) is 0 Å². The van der Waals surface area contributed by atoms with E-state index in [-0.39, 0.29) is 23.7 Å². The van der Waals surface area contributed by atoms with E-state index in [0.29, 0.717) is 24.3 Å². The Bertz CT molecular complexity index is 1010. The molecule has 2 aliphatic rings. The molecule has 3 aromatic heterocycles. The predicted octanol–water partition coefficient (Wildman–Crippen LogP) is 4.26. The van der Waals surface area contributed by atoms with Crippen LogP contribution in [0.2, 0.25) is 0 Å². The van der Waals surface area contributed by atoms with Crippen molar-refractivity contribution < 1.29 is 19.1 Å². The van der Waals surface area contributed by atoms with Crippen LogP contribution in [0.5, 0.6) is 5.88 Å². The molecule has 29 heavy (non-hydrogen) atoms. The molecular formula is C21H23N3O4S. The highest BCUT2D eigenvalue weighted by Crippen LogP contribution is 2.42. The van der Waals surface area contributed by atoms with Crippen molar-refractivity contribution in [2.24, 2.45) is 5.92 Å². The van der Waals surface area contributed by atoms with E-state index in [0.717, 1.165) is 34.4 Å². The third-order valence-electron chi connectivity index (χ3n) is 5.94. The van der Waals surface area contributed by atoms with Gasteiger partial charge in [0.1, 0.15) is 29.6 Å². The van der Waals surface area contributed by atoms with Crippen molar-refractivity contribution in [3.05, 3.63) is 35.1 Å². The summed E-state index contributed by atoms with van der Waals surface area (Å²) in [5.41, 5.74) is 0.687. The molecule has 2 atom stereocenters. The Balaban J connectivity index is 1.45. The van der Waals surface area contributed by atoms with Crippen molar-refractivity contribution in [2.75, 3.05) is 0 Å². The van der Waals surface area contributed by atoms with E-state index in [4.69, 9.17) is 9.15 Å². The summed E-state index contributed by atoms with van der Waals surface area (Å²) in [5, 5.41) is 11.2. The average Bonchev–Trinajstić information content (AvgIpc) is 3.39. The molecule has 1 N–H and O–H groups in total. The van der Waals surface area contributed by atoms with Crippen LogP contribution in [0.15, 0.2) is 23.2 Å². The summed E-state index contributed by atoms with van der Waals surface area (Å²) in [6.45, 7) is 0. The van der Waals surface area contributed by atoms with Crippen LogP contribution in [-0.2, 0) is 6.42 Å². The van der Waals surface area contributed by atoms with Crippen LogP contribution >= 0.6 is 11.3 Å². The number of ether oxygens (including phenoxy) is 1. The lowest BCUT2D eigenvalue weighted by Gasteiger charge is -2.24. The number of carbonyl (C=O) groups is 1. The van der Waals surface area contributed by atoms with Crippen molar-refractivity contribution in [3.63, 3.8) is 0 Å². The minimum absolute atomic E-state index is 0.0337. The van der Waals surface area contributed by atoms with Gasteiger partial charge < -0.3 is 14.3 Å². The second kappa shape index (κ2) is 7.84. The van der Waals surface area contributed by atoms with E-state index in [1.165, 1.54) is 38.0 Å². The number of fused-ring (bicyclic) bond motifs is 3. The molecule has 152 valence electrons. The van der Waals surface area contributed by atoms with Crippen LogP contribution in [-0.4, -0.2) is 31.9 Å². The topological polar surface area (TPSA) is 98.3 Å². The molecule has 1 fully saturated rings. The van der Waals surface area contributed by atoms with Crippen molar-refractivity contribution in [3.8, 4) is 5.88 Å². The first-order valence-corrected chi connectivity index (χ1v) is 11.1. The fraction of sp³-hybridized carbons (Fsp3) is 0.524. The lowest BCUT2D eigenvalue weighted by Crippen LogP contribution is -2.24. The molecule has 1 saturated carbocycles. The number of hydrogen-bond acceptors (Lipinski definition) is 8. The molecule has 3 aromatic rings. The summed E-state index contributed by atoms with van der Waals surface area (Å²) >= 11 is 1.55. The second-order valence-corrected chi connectivity index (χ2v) is 8.94. The van der Waals surface area contributed by atoms with Gasteiger partial charge in [0, 0.05) is 16.4 Å². The van der Waals surface area contributed by atoms with E-state index in [1.54, 1.807) is 11.3 Å². The van der Waals surface area contributed by atoms with Crippen LogP contribution < -0.4 is 4.74 Å². The normalized spacial score (nSPS) is 21.3. The van der Waals surface area contributed by atoms with Crippen LogP contribution in [0.3, 0.4) is 0 Å². The molecule has 3 heterocycles. The monoisotopic (exact) mass is 413 g/mol. The molecule has 7 nitrogen and oxygen atoms in total. The van der Waals surface area contributed by atoms with E-state index < -0.39 is 6.10 Å². The highest BCUT2D eigenvalue weighted by Gasteiger charge is 2.35. The van der Waals surface area contributed by atoms with Gasteiger partial charge in [-0.15, -0.1) is 11.3 Å². The number of carbonyl (C=O) groups excluding carboxylic acids is 1. The number of aliphatic hydroxyl groups is 1. The number of rotatable bonds is 5. The molecule has 0 amide bonds. The number of Topliss-reactive ketones (excluding diaryl/α,β-unsaturated/α-hetero) is 1. The van der Waals surface area contributed by atoms with Gasteiger partial charge in [-0.3, -0.25) is 4.79 Å². The minimum atomic E-state index is -0.889. The lowest BCUT2D eigenvalue weighted by atomic mass is 9.82. The SMILES string of the molecule is O=C1c2c(sc3ncnc(OC4CCCCC4)c23)CC[C@@H]1CC(O)c1ncco1. The Morgan fingerprint density at radius 1 is 1.21 bits per heavy atom. The first-order valence-electron chi connectivity index (χ1n) is 10.3. The summed E-state index contributed by atoms with van der Waals surface area (Å²) in [6.07, 6.45) is 11.1. The van der Waals surface area contributed by atoms with Crippen LogP contribution in [0.25, 0.3) is 10.2 Å². The van der Waals surface area contributed by atoms with Gasteiger partial charge in [-0.25, -0.2) is 15.0 Å². The third kappa shape index (κ3) is 3.55. The molecule has 0 aliphatic heterocycles. The largest absolute Gasteiger partial charge is 0.474 e. The Labute approximate surface area is 172 Å². The Hall–Kier alpha value is -2.32. The average molecular weight is 413 g/mol. The smallest absolute Gasteiger partial charge is 0.226 e. The lowest BCUT2D eigenvalue weighted by molar-refractivity contribution is 0.0763. The van der Waals surface area contributed by atoms with Crippen molar-refractivity contribution in [1.29, 1.82) is 0 Å². The fourth-order valence-electron chi connectivity index (χ4n) is 4.45. The van der Waals surface area contributed by atoms with E-state index in [9.17, 15) is 9.90 Å². The quantitative estimate of drug-likeness (QED) is 0.667. The molecule has 0 radical (unpaired) electrons. The van der Waals surface area contributed by atoms with Crippen LogP contribution in [0, 0.1) is 5.92 Å². The standard InChI is InChI=1S/C21H23N3O4S/c25-14(19-22-8-9-27-19)10-12-6-7-15-16(18(12)26)17-20(23-11-24-21(17)29-15)28-13-4-2-1-3-5-13/h8-9,11-14,25H,1-7,10H2/t12-,14?/m1/s1. The highest BCUT2D eigenvalue weighted by molar-refractivity contribution is 7.19. The number of hydrogen-bond donors (Lipinski definition) is 1. The molecule has 5 rings (SSSR count). The number of thiophene rings is 1. The van der Waals surface area contributed by atoms with Crippen molar-refractivity contribution in [2.45, 2.75) is 63.6 Å². The molecular weight excluding hydrogens is 390 g/mol. The van der Waals surface area contributed by atoms with E-state index in [2.05, 4.69) is 15.0 Å². The van der Waals surface area contributed by atoms with Gasteiger partial charge >= 0.3 is 0 Å². The molecule has 0 aromatic carbocycles. The Kier molecular flexibility index (Phi) is 5.05. The van der Waals surface area contributed by atoms with E-state index >= 15 is 0 Å². The summed E-state index contributed by atoms with van der Waals surface area (Å²) in [7, 11) is 0. The Morgan fingerprint density at radius 2 is 2.07 bits per heavy atom. The second-order valence-electron chi connectivity index (χ2n) is 7.86. The molecule has 0 bridgehead atoms. The van der Waals surface area contributed by atoms with Gasteiger partial charge in [-0.1, -0.05) is 6.42 Å². The zero-order chi connectivity index (χ0) is 19.8. The Morgan fingerprint density at radius 3 is 2.86 bits per heavy atom. The maximum atomic E-state index is 13.4. The van der Waals surface area contributed by atoms with Crippen molar-refractivity contribution >= 4 is 27.3 Å². The number of aliphatic hydroxyl groups excluding tert-OH is 1. The minimum Gasteiger partial charge on any atom is -0.474 e. The summed E-state index contributed by atoms with van der Waals surface area (Å²) in [4.78, 5) is 28.0. The van der Waals surface area contributed by atoms with Crippen LogP contribution in [0.4, 0.5) is 0 Å². The summed E-state index contributed by atoms with van der Waals surface area (Å²) in [6, 6.07) is 0. The molecule has 0 spiro atoms.